The van der Waals surface area contributed by atoms with E-state index in [1.807, 2.05) is 25.1 Å². The van der Waals surface area contributed by atoms with Crippen LogP contribution in [0, 0.1) is 6.92 Å². The van der Waals surface area contributed by atoms with Gasteiger partial charge in [-0.3, -0.25) is 4.98 Å². The SMILES string of the molecule is Cc1nc2ccc(S(=O)(=O)N3CCCC(OCc4ccccn4)C3)cc2s1. The van der Waals surface area contributed by atoms with Gasteiger partial charge in [0, 0.05) is 19.3 Å². The lowest BCUT2D eigenvalue weighted by Gasteiger charge is -2.31. The maximum absolute atomic E-state index is 13.1. The van der Waals surface area contributed by atoms with Gasteiger partial charge in [-0.15, -0.1) is 11.3 Å². The van der Waals surface area contributed by atoms with Gasteiger partial charge in [0.1, 0.15) is 0 Å². The van der Waals surface area contributed by atoms with Gasteiger partial charge in [-0.25, -0.2) is 13.4 Å². The molecular formula is C19H21N3O3S2. The number of hydrogen-bond donors (Lipinski definition) is 0. The van der Waals surface area contributed by atoms with E-state index in [4.69, 9.17) is 4.74 Å². The van der Waals surface area contributed by atoms with Gasteiger partial charge in [-0.1, -0.05) is 6.07 Å². The van der Waals surface area contributed by atoms with Crippen molar-refractivity contribution in [3.63, 3.8) is 0 Å². The molecule has 6 nitrogen and oxygen atoms in total. The van der Waals surface area contributed by atoms with Crippen LogP contribution in [0.1, 0.15) is 23.5 Å². The average Bonchev–Trinajstić information content (AvgIpc) is 3.06. The standard InChI is InChI=1S/C19H21N3O3S2/c1-14-21-18-8-7-17(11-19(18)26-14)27(23,24)22-10-4-6-16(12-22)25-13-15-5-2-3-9-20-15/h2-3,5,7-9,11,16H,4,6,10,12-13H2,1H3. The molecule has 0 bridgehead atoms. The van der Waals surface area contributed by atoms with Gasteiger partial charge < -0.3 is 4.74 Å². The van der Waals surface area contributed by atoms with Crippen molar-refractivity contribution in [1.29, 1.82) is 0 Å². The molecule has 4 rings (SSSR count). The summed E-state index contributed by atoms with van der Waals surface area (Å²) in [5.74, 6) is 0. The van der Waals surface area contributed by atoms with E-state index in [1.165, 1.54) is 15.6 Å². The van der Waals surface area contributed by atoms with Gasteiger partial charge in [0.15, 0.2) is 0 Å². The molecule has 27 heavy (non-hydrogen) atoms. The summed E-state index contributed by atoms with van der Waals surface area (Å²) in [6.07, 6.45) is 3.25. The molecule has 1 aliphatic heterocycles. The fourth-order valence-corrected chi connectivity index (χ4v) is 5.75. The third-order valence-electron chi connectivity index (χ3n) is 4.64. The van der Waals surface area contributed by atoms with Gasteiger partial charge in [0.2, 0.25) is 10.0 Å². The number of ether oxygens (including phenoxy) is 1. The number of aromatic nitrogens is 2. The largest absolute Gasteiger partial charge is 0.371 e. The van der Waals surface area contributed by atoms with Crippen molar-refractivity contribution in [2.45, 2.75) is 37.4 Å². The molecule has 0 saturated carbocycles. The predicted octanol–water partition coefficient (Wildman–Crippen LogP) is 3.37. The number of piperidine rings is 1. The van der Waals surface area contributed by atoms with Crippen molar-refractivity contribution in [1.82, 2.24) is 14.3 Å². The average molecular weight is 404 g/mol. The molecule has 8 heteroatoms. The quantitative estimate of drug-likeness (QED) is 0.653. The molecule has 1 saturated heterocycles. The number of thiazole rings is 1. The molecule has 3 heterocycles. The zero-order chi connectivity index (χ0) is 18.9. The van der Waals surface area contributed by atoms with Crippen LogP contribution in [-0.4, -0.2) is 41.9 Å². The summed E-state index contributed by atoms with van der Waals surface area (Å²) in [5.41, 5.74) is 1.69. The second kappa shape index (κ2) is 7.63. The first kappa shape index (κ1) is 18.5. The van der Waals surface area contributed by atoms with E-state index in [2.05, 4.69) is 9.97 Å². The zero-order valence-corrected chi connectivity index (χ0v) is 16.7. The fourth-order valence-electron chi connectivity index (χ4n) is 3.28. The van der Waals surface area contributed by atoms with Crippen LogP contribution in [0.25, 0.3) is 10.2 Å². The number of benzene rings is 1. The first-order chi connectivity index (χ1) is 13.0. The fraction of sp³-hybridized carbons (Fsp3) is 0.368. The summed E-state index contributed by atoms with van der Waals surface area (Å²) in [6, 6.07) is 10.8. The van der Waals surface area contributed by atoms with E-state index < -0.39 is 10.0 Å². The molecule has 0 aliphatic carbocycles. The Morgan fingerprint density at radius 3 is 3.00 bits per heavy atom. The number of aryl methyl sites for hydroxylation is 1. The van der Waals surface area contributed by atoms with Crippen LogP contribution in [0.15, 0.2) is 47.5 Å². The Kier molecular flexibility index (Phi) is 5.23. The Morgan fingerprint density at radius 1 is 1.30 bits per heavy atom. The normalized spacial score (nSPS) is 18.8. The second-order valence-corrected chi connectivity index (χ2v) is 9.79. The predicted molar refractivity (Wildman–Crippen MR) is 105 cm³/mol. The van der Waals surface area contributed by atoms with Crippen LogP contribution in [-0.2, 0) is 21.4 Å². The maximum Gasteiger partial charge on any atom is 0.243 e. The summed E-state index contributed by atoms with van der Waals surface area (Å²) in [6.45, 7) is 3.21. The molecule has 1 aromatic carbocycles. The number of hydrogen-bond acceptors (Lipinski definition) is 6. The Morgan fingerprint density at radius 2 is 2.19 bits per heavy atom. The van der Waals surface area contributed by atoms with Crippen LogP contribution in [0.2, 0.25) is 0 Å². The molecule has 0 N–H and O–H groups in total. The monoisotopic (exact) mass is 403 g/mol. The van der Waals surface area contributed by atoms with Crippen LogP contribution in [0.4, 0.5) is 0 Å². The highest BCUT2D eigenvalue weighted by Gasteiger charge is 2.31. The molecule has 1 aliphatic rings. The second-order valence-electron chi connectivity index (χ2n) is 6.62. The molecule has 142 valence electrons. The topological polar surface area (TPSA) is 72.4 Å². The van der Waals surface area contributed by atoms with Gasteiger partial charge in [-0.2, -0.15) is 4.31 Å². The number of rotatable bonds is 5. The summed E-state index contributed by atoms with van der Waals surface area (Å²) in [5, 5.41) is 0.931. The minimum absolute atomic E-state index is 0.120. The molecule has 0 amide bonds. The van der Waals surface area contributed by atoms with E-state index in [1.54, 1.807) is 24.4 Å². The van der Waals surface area contributed by atoms with Crippen LogP contribution < -0.4 is 0 Å². The van der Waals surface area contributed by atoms with Gasteiger partial charge >= 0.3 is 0 Å². The van der Waals surface area contributed by atoms with E-state index in [0.29, 0.717) is 24.6 Å². The lowest BCUT2D eigenvalue weighted by molar-refractivity contribution is 0.00666. The Balaban J connectivity index is 1.48. The van der Waals surface area contributed by atoms with Gasteiger partial charge in [0.25, 0.3) is 0 Å². The van der Waals surface area contributed by atoms with E-state index in [9.17, 15) is 8.42 Å². The number of pyridine rings is 1. The van der Waals surface area contributed by atoms with Crippen molar-refractivity contribution in [2.75, 3.05) is 13.1 Å². The zero-order valence-electron chi connectivity index (χ0n) is 15.0. The van der Waals surface area contributed by atoms with Crippen molar-refractivity contribution >= 4 is 31.6 Å². The first-order valence-electron chi connectivity index (χ1n) is 8.91. The minimum Gasteiger partial charge on any atom is -0.371 e. The molecule has 0 radical (unpaired) electrons. The van der Waals surface area contributed by atoms with Crippen molar-refractivity contribution < 1.29 is 13.2 Å². The highest BCUT2D eigenvalue weighted by Crippen LogP contribution is 2.28. The van der Waals surface area contributed by atoms with Crippen molar-refractivity contribution in [3.05, 3.63) is 53.3 Å². The van der Waals surface area contributed by atoms with Gasteiger partial charge in [0.05, 0.1) is 38.5 Å². The summed E-state index contributed by atoms with van der Waals surface area (Å²) < 4.78 is 34.6. The summed E-state index contributed by atoms with van der Waals surface area (Å²) in [7, 11) is -3.54. The van der Waals surface area contributed by atoms with Crippen LogP contribution in [0.5, 0.6) is 0 Å². The number of sulfonamides is 1. The third-order valence-corrected chi connectivity index (χ3v) is 7.43. The van der Waals surface area contributed by atoms with E-state index in [-0.39, 0.29) is 6.10 Å². The smallest absolute Gasteiger partial charge is 0.243 e. The van der Waals surface area contributed by atoms with E-state index >= 15 is 0 Å². The molecule has 3 aromatic rings. The highest BCUT2D eigenvalue weighted by atomic mass is 32.2. The molecule has 0 spiro atoms. The summed E-state index contributed by atoms with van der Waals surface area (Å²) in [4.78, 5) is 8.97. The Labute approximate surface area is 162 Å². The van der Waals surface area contributed by atoms with Crippen molar-refractivity contribution in [2.24, 2.45) is 0 Å². The molecule has 1 fully saturated rings. The molecule has 2 aromatic heterocycles. The maximum atomic E-state index is 13.1. The lowest BCUT2D eigenvalue weighted by Crippen LogP contribution is -2.43. The number of nitrogens with zero attached hydrogens (tertiary/aromatic N) is 3. The van der Waals surface area contributed by atoms with Crippen LogP contribution >= 0.6 is 11.3 Å². The minimum atomic E-state index is -3.54. The number of fused-ring (bicyclic) bond motifs is 1. The van der Waals surface area contributed by atoms with Crippen LogP contribution in [0.3, 0.4) is 0 Å². The third kappa shape index (κ3) is 4.03. The highest BCUT2D eigenvalue weighted by molar-refractivity contribution is 7.89. The Hall–Kier alpha value is -1.87. The molecule has 1 unspecified atom stereocenters. The summed E-state index contributed by atoms with van der Waals surface area (Å²) >= 11 is 1.51. The molecular weight excluding hydrogens is 382 g/mol. The van der Waals surface area contributed by atoms with E-state index in [0.717, 1.165) is 33.8 Å². The van der Waals surface area contributed by atoms with Crippen molar-refractivity contribution in [3.8, 4) is 0 Å². The van der Waals surface area contributed by atoms with Gasteiger partial charge in [-0.05, 0) is 50.1 Å². The Bertz CT molecular complexity index is 1030. The first-order valence-corrected chi connectivity index (χ1v) is 11.2. The molecule has 1 atom stereocenters. The lowest BCUT2D eigenvalue weighted by atomic mass is 10.1.